The minimum atomic E-state index is -0.467. The zero-order chi connectivity index (χ0) is 17.1. The van der Waals surface area contributed by atoms with Crippen LogP contribution in [0.1, 0.15) is 12.8 Å². The van der Waals surface area contributed by atoms with Crippen molar-refractivity contribution in [3.05, 3.63) is 18.2 Å². The molecule has 24 heavy (non-hydrogen) atoms. The number of aromatic nitrogens is 2. The number of anilines is 1. The van der Waals surface area contributed by atoms with Crippen LogP contribution in [-0.4, -0.2) is 77.6 Å². The maximum absolute atomic E-state index is 12.9. The maximum atomic E-state index is 12.9. The zero-order valence-electron chi connectivity index (χ0n) is 13.5. The van der Waals surface area contributed by atoms with E-state index in [4.69, 9.17) is 4.74 Å². The minimum Gasteiger partial charge on any atom is -0.383 e. The number of nitrogens with zero attached hydrogens (tertiary/aromatic N) is 5. The highest BCUT2D eigenvalue weighted by molar-refractivity contribution is 6.02. The van der Waals surface area contributed by atoms with E-state index in [0.717, 1.165) is 25.2 Å². The highest BCUT2D eigenvalue weighted by Gasteiger charge is 2.40. The predicted molar refractivity (Wildman–Crippen MR) is 82.9 cm³/mol. The lowest BCUT2D eigenvalue weighted by atomic mass is 10.0. The van der Waals surface area contributed by atoms with Crippen LogP contribution in [0, 0.1) is 5.82 Å². The van der Waals surface area contributed by atoms with Crippen molar-refractivity contribution in [3.8, 4) is 0 Å². The van der Waals surface area contributed by atoms with Gasteiger partial charge in [-0.1, -0.05) is 0 Å². The van der Waals surface area contributed by atoms with Crippen LogP contribution >= 0.6 is 0 Å². The lowest BCUT2D eigenvalue weighted by molar-refractivity contribution is -0.125. The monoisotopic (exact) mass is 337 g/mol. The number of urea groups is 1. The molecule has 0 spiro atoms. The predicted octanol–water partition coefficient (Wildman–Crippen LogP) is 0.495. The van der Waals surface area contributed by atoms with Gasteiger partial charge in [0.2, 0.25) is 11.9 Å². The van der Waals surface area contributed by atoms with Crippen molar-refractivity contribution in [3.63, 3.8) is 0 Å². The Kier molecular flexibility index (Phi) is 4.89. The Labute approximate surface area is 139 Å². The molecule has 0 unspecified atom stereocenters. The van der Waals surface area contributed by atoms with E-state index < -0.39 is 5.82 Å². The second-order valence-electron chi connectivity index (χ2n) is 5.87. The van der Waals surface area contributed by atoms with Crippen LogP contribution in [0.25, 0.3) is 0 Å². The topological polar surface area (TPSA) is 78.9 Å². The molecule has 1 aromatic heterocycles. The number of hydrogen-bond donors (Lipinski definition) is 0. The molecule has 0 aliphatic carbocycles. The van der Waals surface area contributed by atoms with Crippen LogP contribution in [0.15, 0.2) is 12.4 Å². The molecule has 8 nitrogen and oxygen atoms in total. The van der Waals surface area contributed by atoms with Crippen LogP contribution in [0.5, 0.6) is 0 Å². The average Bonchev–Trinajstić information content (AvgIpc) is 2.88. The molecule has 9 heteroatoms. The first-order valence-corrected chi connectivity index (χ1v) is 7.92. The van der Waals surface area contributed by atoms with E-state index in [0.29, 0.717) is 25.6 Å². The van der Waals surface area contributed by atoms with Crippen LogP contribution in [0.3, 0.4) is 0 Å². The van der Waals surface area contributed by atoms with Crippen LogP contribution in [-0.2, 0) is 9.53 Å². The number of imide groups is 1. The van der Waals surface area contributed by atoms with Gasteiger partial charge >= 0.3 is 6.03 Å². The summed E-state index contributed by atoms with van der Waals surface area (Å²) in [5.74, 6) is -0.160. The number of carbonyl (C=O) groups excluding carboxylic acids is 2. The first-order valence-electron chi connectivity index (χ1n) is 7.92. The Morgan fingerprint density at radius 3 is 2.54 bits per heavy atom. The van der Waals surface area contributed by atoms with Gasteiger partial charge in [-0.25, -0.2) is 19.2 Å². The average molecular weight is 337 g/mol. The third-order valence-corrected chi connectivity index (χ3v) is 4.40. The summed E-state index contributed by atoms with van der Waals surface area (Å²) in [5, 5.41) is 0. The summed E-state index contributed by atoms with van der Waals surface area (Å²) in [6, 6.07) is -0.223. The largest absolute Gasteiger partial charge is 0.383 e. The third-order valence-electron chi connectivity index (χ3n) is 4.40. The molecule has 130 valence electrons. The summed E-state index contributed by atoms with van der Waals surface area (Å²) >= 11 is 0. The fourth-order valence-electron chi connectivity index (χ4n) is 3.09. The fraction of sp³-hybridized carbons (Fsp3) is 0.600. The molecule has 0 atom stereocenters. The van der Waals surface area contributed by atoms with Gasteiger partial charge in [0.1, 0.15) is 6.54 Å². The van der Waals surface area contributed by atoms with E-state index in [1.807, 2.05) is 4.90 Å². The van der Waals surface area contributed by atoms with Crippen molar-refractivity contribution >= 4 is 17.9 Å². The Balaban J connectivity index is 1.57. The Hall–Kier alpha value is -2.29. The summed E-state index contributed by atoms with van der Waals surface area (Å²) < 4.78 is 17.8. The first-order chi connectivity index (χ1) is 11.6. The quantitative estimate of drug-likeness (QED) is 0.728. The van der Waals surface area contributed by atoms with Crippen molar-refractivity contribution in [2.45, 2.75) is 18.9 Å². The van der Waals surface area contributed by atoms with Crippen molar-refractivity contribution in [2.75, 3.05) is 44.8 Å². The summed E-state index contributed by atoms with van der Waals surface area (Å²) in [5.41, 5.74) is 0. The minimum absolute atomic E-state index is 0.0192. The number of amides is 3. The van der Waals surface area contributed by atoms with Gasteiger partial charge in [0.25, 0.3) is 0 Å². The van der Waals surface area contributed by atoms with Gasteiger partial charge in [0.05, 0.1) is 25.5 Å². The number of piperidine rings is 1. The Morgan fingerprint density at radius 2 is 1.92 bits per heavy atom. The Morgan fingerprint density at radius 1 is 1.25 bits per heavy atom. The number of halogens is 1. The number of methoxy groups -OCH3 is 1. The molecule has 0 saturated carbocycles. The molecular formula is C15H20FN5O3. The molecule has 2 aliphatic heterocycles. The highest BCUT2D eigenvalue weighted by atomic mass is 19.1. The molecule has 0 radical (unpaired) electrons. The first kappa shape index (κ1) is 16.6. The smallest absolute Gasteiger partial charge is 0.327 e. The van der Waals surface area contributed by atoms with Gasteiger partial charge < -0.3 is 14.5 Å². The number of carbonyl (C=O) groups is 2. The fourth-order valence-corrected chi connectivity index (χ4v) is 3.09. The van der Waals surface area contributed by atoms with Crippen molar-refractivity contribution in [2.24, 2.45) is 0 Å². The molecular weight excluding hydrogens is 317 g/mol. The van der Waals surface area contributed by atoms with Crippen molar-refractivity contribution in [1.29, 1.82) is 0 Å². The second-order valence-corrected chi connectivity index (χ2v) is 5.87. The van der Waals surface area contributed by atoms with Gasteiger partial charge in [0, 0.05) is 26.2 Å². The molecule has 0 N–H and O–H groups in total. The molecule has 3 rings (SSSR count). The lowest BCUT2D eigenvalue weighted by Crippen LogP contribution is -2.47. The SMILES string of the molecule is COCCN1C(=O)CN(C2CCN(c3ncc(F)cn3)CC2)C1=O. The molecule has 3 amide bonds. The number of hydrogen-bond acceptors (Lipinski definition) is 6. The summed E-state index contributed by atoms with van der Waals surface area (Å²) in [6.45, 7) is 2.07. The van der Waals surface area contributed by atoms with Crippen LogP contribution in [0.4, 0.5) is 15.1 Å². The van der Waals surface area contributed by atoms with Gasteiger partial charge in [-0.3, -0.25) is 9.69 Å². The highest BCUT2D eigenvalue weighted by Crippen LogP contribution is 2.23. The van der Waals surface area contributed by atoms with E-state index in [-0.39, 0.29) is 31.1 Å². The van der Waals surface area contributed by atoms with E-state index in [1.165, 1.54) is 12.0 Å². The van der Waals surface area contributed by atoms with Crippen LogP contribution in [0.2, 0.25) is 0 Å². The zero-order valence-corrected chi connectivity index (χ0v) is 13.5. The van der Waals surface area contributed by atoms with Gasteiger partial charge in [0.15, 0.2) is 5.82 Å². The molecule has 1 aromatic rings. The third kappa shape index (κ3) is 3.30. The molecule has 2 fully saturated rings. The number of rotatable bonds is 5. The molecule has 0 aromatic carbocycles. The van der Waals surface area contributed by atoms with Gasteiger partial charge in [-0.15, -0.1) is 0 Å². The summed E-state index contributed by atoms with van der Waals surface area (Å²) in [4.78, 5) is 37.2. The van der Waals surface area contributed by atoms with E-state index in [2.05, 4.69) is 9.97 Å². The van der Waals surface area contributed by atoms with Crippen molar-refractivity contribution < 1.29 is 18.7 Å². The van der Waals surface area contributed by atoms with E-state index in [9.17, 15) is 14.0 Å². The summed E-state index contributed by atoms with van der Waals surface area (Å²) in [6.07, 6.45) is 3.73. The van der Waals surface area contributed by atoms with Gasteiger partial charge in [-0.2, -0.15) is 0 Å². The standard InChI is InChI=1S/C15H20FN5O3/c1-24-7-6-20-13(22)10-21(15(20)23)12-2-4-19(5-3-12)14-17-8-11(16)9-18-14/h8-9,12H,2-7,10H2,1H3. The molecule has 2 aliphatic rings. The molecule has 3 heterocycles. The van der Waals surface area contributed by atoms with E-state index in [1.54, 1.807) is 4.90 Å². The maximum Gasteiger partial charge on any atom is 0.327 e. The molecule has 2 saturated heterocycles. The van der Waals surface area contributed by atoms with E-state index >= 15 is 0 Å². The second kappa shape index (κ2) is 7.08. The lowest BCUT2D eigenvalue weighted by Gasteiger charge is -2.36. The molecule has 0 bridgehead atoms. The van der Waals surface area contributed by atoms with Crippen LogP contribution < -0.4 is 4.90 Å². The summed E-state index contributed by atoms with van der Waals surface area (Å²) in [7, 11) is 1.54. The normalized spacial score (nSPS) is 19.5. The number of ether oxygens (including phenoxy) is 1. The van der Waals surface area contributed by atoms with Gasteiger partial charge in [-0.05, 0) is 12.8 Å². The Bertz CT molecular complexity index is 604. The van der Waals surface area contributed by atoms with Crippen molar-refractivity contribution in [1.82, 2.24) is 19.8 Å².